The van der Waals surface area contributed by atoms with E-state index in [9.17, 15) is 14.4 Å². The van der Waals surface area contributed by atoms with E-state index in [1.165, 1.54) is 0 Å². The number of rotatable bonds is 13. The van der Waals surface area contributed by atoms with Gasteiger partial charge in [-0.25, -0.2) is 4.98 Å². The molecule has 290 valence electrons. The summed E-state index contributed by atoms with van der Waals surface area (Å²) in [6, 6.07) is 20.6. The number of ether oxygens (including phenoxy) is 1. The van der Waals surface area contributed by atoms with E-state index in [1.807, 2.05) is 64.4 Å². The summed E-state index contributed by atoms with van der Waals surface area (Å²) in [7, 11) is 1.61. The van der Waals surface area contributed by atoms with E-state index in [0.29, 0.717) is 84.0 Å². The van der Waals surface area contributed by atoms with Crippen LogP contribution in [0.5, 0.6) is 5.75 Å². The second kappa shape index (κ2) is 18.7. The maximum Gasteiger partial charge on any atom is 0.229 e. The van der Waals surface area contributed by atoms with Crippen molar-refractivity contribution in [3.63, 3.8) is 0 Å². The zero-order chi connectivity index (χ0) is 38.9. The second-order valence-corrected chi connectivity index (χ2v) is 15.2. The van der Waals surface area contributed by atoms with Gasteiger partial charge in [0.05, 0.1) is 19.0 Å². The van der Waals surface area contributed by atoms with Gasteiger partial charge in [-0.15, -0.1) is 0 Å². The lowest BCUT2D eigenvalue weighted by atomic mass is 9.85. The number of hydrogen-bond acceptors (Lipinski definition) is 9. The largest absolute Gasteiger partial charge is 0.494 e. The van der Waals surface area contributed by atoms with Crippen molar-refractivity contribution < 1.29 is 19.1 Å². The Balaban J connectivity index is 1.16. The number of piperidine rings is 1. The third kappa shape index (κ3) is 11.1. The smallest absolute Gasteiger partial charge is 0.229 e. The fourth-order valence-electron chi connectivity index (χ4n) is 7.17. The first-order chi connectivity index (χ1) is 26.5. The first kappa shape index (κ1) is 39.9. The molecule has 2 saturated heterocycles. The minimum absolute atomic E-state index is 0.0776. The average Bonchev–Trinajstić information content (AvgIpc) is 3.17. The van der Waals surface area contributed by atoms with Gasteiger partial charge in [0.25, 0.3) is 0 Å². The van der Waals surface area contributed by atoms with Gasteiger partial charge < -0.3 is 35.4 Å². The number of methoxy groups -OCH3 is 1. The molecule has 3 N–H and O–H groups in total. The van der Waals surface area contributed by atoms with Crippen molar-refractivity contribution in [1.29, 1.82) is 0 Å². The Morgan fingerprint density at radius 2 is 1.40 bits per heavy atom. The van der Waals surface area contributed by atoms with Gasteiger partial charge in [0.1, 0.15) is 10.8 Å². The van der Waals surface area contributed by atoms with Crippen molar-refractivity contribution in [3.8, 4) is 5.75 Å². The minimum atomic E-state index is -0.0941. The van der Waals surface area contributed by atoms with E-state index in [1.54, 1.807) is 32.4 Å². The predicted octanol–water partition coefficient (Wildman–Crippen LogP) is 6.71. The number of nitrogens with zero attached hydrogens (tertiary/aromatic N) is 5. The second-order valence-electron chi connectivity index (χ2n) is 14.0. The Hall–Kier alpha value is -4.78. The normalized spacial score (nSPS) is 17.1. The lowest BCUT2D eigenvalue weighted by molar-refractivity contribution is -0.129. The molecule has 0 saturated carbocycles. The van der Waals surface area contributed by atoms with Gasteiger partial charge in [0.2, 0.25) is 23.7 Å². The van der Waals surface area contributed by atoms with E-state index in [2.05, 4.69) is 25.8 Å². The maximum atomic E-state index is 13.2. The van der Waals surface area contributed by atoms with Crippen molar-refractivity contribution in [3.05, 3.63) is 99.1 Å². The fraction of sp³-hybridized carbons (Fsp3) is 0.375. The molecule has 0 radical (unpaired) electrons. The molecule has 0 spiro atoms. The van der Waals surface area contributed by atoms with E-state index < -0.39 is 0 Å². The van der Waals surface area contributed by atoms with Gasteiger partial charge >= 0.3 is 0 Å². The van der Waals surface area contributed by atoms with Crippen molar-refractivity contribution in [1.82, 2.24) is 25.5 Å². The van der Waals surface area contributed by atoms with E-state index >= 15 is 0 Å². The van der Waals surface area contributed by atoms with Crippen LogP contribution in [0, 0.1) is 11.8 Å². The first-order valence-corrected chi connectivity index (χ1v) is 19.4. The Kier molecular flexibility index (Phi) is 13.6. The van der Waals surface area contributed by atoms with Crippen molar-refractivity contribution in [2.24, 2.45) is 11.8 Å². The molecule has 0 bridgehead atoms. The number of halogens is 3. The third-order valence-electron chi connectivity index (χ3n) is 9.88. The Morgan fingerprint density at radius 3 is 1.95 bits per heavy atom. The molecule has 2 fully saturated rings. The van der Waals surface area contributed by atoms with Gasteiger partial charge in [0.15, 0.2) is 5.82 Å². The van der Waals surface area contributed by atoms with E-state index in [0.717, 1.165) is 29.9 Å². The van der Waals surface area contributed by atoms with Crippen LogP contribution in [0.2, 0.25) is 15.1 Å². The monoisotopic (exact) mass is 806 g/mol. The fourth-order valence-corrected chi connectivity index (χ4v) is 7.81. The highest BCUT2D eigenvalue weighted by Crippen LogP contribution is 2.35. The molecule has 2 atom stereocenters. The summed E-state index contributed by atoms with van der Waals surface area (Å²) in [5.74, 6) is 1.17. The Morgan fingerprint density at radius 1 is 0.800 bits per heavy atom. The van der Waals surface area contributed by atoms with E-state index in [4.69, 9.17) is 44.5 Å². The Labute approximate surface area is 336 Å². The Bertz CT molecular complexity index is 1920. The van der Waals surface area contributed by atoms with Crippen LogP contribution in [0.25, 0.3) is 0 Å². The van der Waals surface area contributed by atoms with Crippen LogP contribution >= 0.6 is 34.8 Å². The standard InChI is InChI=1S/C40H45Cl3N8O4/c1-26(52)49-11-13-50(14-12-49)33-9-10-35(36(20-33)55-2)47-40-46-23-34(43)39(48-40)51-24-29(18-37(53)44-21-27-5-3-7-31(41)16-27)15-30(25-51)19-38(54)45-22-28-6-4-8-32(42)17-28/h3-10,16-17,20,23,29-30H,11-15,18-19,21-22,24-25H2,1-2H3,(H,44,53)(H,45,54)(H,46,47,48)/t29-,30+. The van der Waals surface area contributed by atoms with Gasteiger partial charge in [-0.3, -0.25) is 14.4 Å². The lowest BCUT2D eigenvalue weighted by Gasteiger charge is -2.38. The molecule has 15 heteroatoms. The SMILES string of the molecule is COc1cc(N2CCN(C(C)=O)CC2)ccc1Nc1ncc(Cl)c(N2C[C@H](CC(=O)NCc3cccc(Cl)c3)C[C@H](CC(=O)NCc3cccc(Cl)c3)C2)n1. The average molecular weight is 808 g/mol. The van der Waals surface area contributed by atoms with Crippen LogP contribution < -0.4 is 30.5 Å². The number of aromatic nitrogens is 2. The molecule has 4 aromatic rings. The number of carbonyl (C=O) groups is 3. The number of benzene rings is 3. The summed E-state index contributed by atoms with van der Waals surface area (Å²) in [4.78, 5) is 53.7. The number of nitrogens with one attached hydrogen (secondary N) is 3. The summed E-state index contributed by atoms with van der Waals surface area (Å²) >= 11 is 19.1. The van der Waals surface area contributed by atoms with Crippen LogP contribution in [0.3, 0.4) is 0 Å². The highest BCUT2D eigenvalue weighted by molar-refractivity contribution is 6.33. The van der Waals surface area contributed by atoms with Crippen molar-refractivity contribution in [2.45, 2.75) is 39.3 Å². The molecule has 12 nitrogen and oxygen atoms in total. The van der Waals surface area contributed by atoms with Gasteiger partial charge in [-0.05, 0) is 65.8 Å². The number of hydrogen-bond donors (Lipinski definition) is 3. The molecular weight excluding hydrogens is 763 g/mol. The molecule has 3 aromatic carbocycles. The quantitative estimate of drug-likeness (QED) is 0.135. The highest BCUT2D eigenvalue weighted by atomic mass is 35.5. The summed E-state index contributed by atoms with van der Waals surface area (Å²) in [6.45, 7) is 6.12. The lowest BCUT2D eigenvalue weighted by Crippen LogP contribution is -2.48. The van der Waals surface area contributed by atoms with E-state index in [-0.39, 0.29) is 42.4 Å². The summed E-state index contributed by atoms with van der Waals surface area (Å²) < 4.78 is 5.75. The van der Waals surface area contributed by atoms with Crippen LogP contribution in [0.15, 0.2) is 72.9 Å². The number of amides is 3. The van der Waals surface area contributed by atoms with Crippen LogP contribution in [0.4, 0.5) is 23.1 Å². The molecule has 1 aromatic heterocycles. The zero-order valence-electron chi connectivity index (χ0n) is 30.9. The molecule has 0 aliphatic carbocycles. The van der Waals surface area contributed by atoms with Crippen molar-refractivity contribution >= 4 is 75.7 Å². The molecule has 3 heterocycles. The number of anilines is 4. The molecule has 3 amide bonds. The number of piperazine rings is 1. The van der Waals surface area contributed by atoms with Crippen molar-refractivity contribution in [2.75, 3.05) is 61.5 Å². The molecule has 2 aliphatic rings. The van der Waals surface area contributed by atoms with Crippen LogP contribution in [-0.2, 0) is 27.5 Å². The minimum Gasteiger partial charge on any atom is -0.494 e. The highest BCUT2D eigenvalue weighted by Gasteiger charge is 2.32. The van der Waals surface area contributed by atoms with Crippen LogP contribution in [0.1, 0.15) is 37.3 Å². The molecule has 6 rings (SSSR count). The van der Waals surface area contributed by atoms with Gasteiger partial charge in [-0.2, -0.15) is 4.98 Å². The van der Waals surface area contributed by atoms with Crippen LogP contribution in [-0.4, -0.2) is 79.0 Å². The zero-order valence-corrected chi connectivity index (χ0v) is 33.1. The summed E-state index contributed by atoms with van der Waals surface area (Å²) in [5, 5.41) is 10.9. The maximum absolute atomic E-state index is 13.2. The van der Waals surface area contributed by atoms with Gasteiger partial charge in [0, 0.05) is 93.9 Å². The topological polar surface area (TPSA) is 132 Å². The molecule has 2 aliphatic heterocycles. The molecule has 0 unspecified atom stereocenters. The first-order valence-electron chi connectivity index (χ1n) is 18.3. The van der Waals surface area contributed by atoms with Gasteiger partial charge in [-0.1, -0.05) is 59.1 Å². The predicted molar refractivity (Wildman–Crippen MR) is 217 cm³/mol. The summed E-state index contributed by atoms with van der Waals surface area (Å²) in [6.07, 6.45) is 2.75. The number of carbonyl (C=O) groups excluding carboxylic acids is 3. The summed E-state index contributed by atoms with van der Waals surface area (Å²) in [5.41, 5.74) is 3.48. The third-order valence-corrected chi connectivity index (χ3v) is 10.6. The molecule has 55 heavy (non-hydrogen) atoms. The molecular formula is C40H45Cl3N8O4.